The Morgan fingerprint density at radius 3 is 1.33 bits per heavy atom. The number of unbranched alkanes of at least 4 members (excludes halogenated alkanes) is 19. The van der Waals surface area contributed by atoms with E-state index in [4.69, 9.17) is 13.7 Å². The number of hydrogen-bond donors (Lipinski definition) is 1. The molecule has 0 spiro atoms. The Bertz CT molecular complexity index is 1180. The van der Waals surface area contributed by atoms with Gasteiger partial charge < -0.3 is 9.47 Å². The van der Waals surface area contributed by atoms with Gasteiger partial charge in [-0.25, -0.2) is 0 Å². The molecule has 0 saturated carbocycles. The first-order chi connectivity index (χ1) is 24.0. The summed E-state index contributed by atoms with van der Waals surface area (Å²) in [6.45, 7) is 7.02. The van der Waals surface area contributed by atoms with Crippen molar-refractivity contribution < 1.29 is 44.6 Å². The molecule has 0 bridgehead atoms. The van der Waals surface area contributed by atoms with Crippen molar-refractivity contribution in [3.63, 3.8) is 0 Å². The molecule has 0 aliphatic carbocycles. The third-order valence-electron chi connectivity index (χ3n) is 8.25. The number of benzene rings is 1. The molecule has 1 rings (SSSR count). The number of carbonyl (C=O) groups excluding carboxylic acids is 2. The van der Waals surface area contributed by atoms with Crippen molar-refractivity contribution in [2.45, 2.75) is 179 Å². The standard InChI is InChI=1S/C20H38O7S.C18H30O3S.2Na/c1-3-5-7-9-11-13-15-26-19(21)17-18(28(23,24)25)20(22)27-16-14-12-10-8-6-4-2;1-2-3-4-5-6-7-8-9-10-14-17-21-22(19,20)18-15-12-11-13-16-18;;/h18H,3-17H2,1-2H3,(H,23,24,25);11-13,15-16H,2-10,14,17H2,1H3;;. The summed E-state index contributed by atoms with van der Waals surface area (Å²) in [5, 5.41) is -1.93. The van der Waals surface area contributed by atoms with Gasteiger partial charge in [-0.05, 0) is 31.4 Å². The third kappa shape index (κ3) is 33.3. The number of hydrogen-bond acceptors (Lipinski definition) is 9. The predicted octanol–water partition coefficient (Wildman–Crippen LogP) is 8.99. The van der Waals surface area contributed by atoms with E-state index in [0.717, 1.165) is 70.6 Å². The fraction of sp³-hybridized carbons (Fsp3) is 0.789. The molecule has 1 unspecified atom stereocenters. The Morgan fingerprint density at radius 1 is 0.558 bits per heavy atom. The second-order valence-corrected chi connectivity index (χ2v) is 16.1. The van der Waals surface area contributed by atoms with Crippen LogP contribution in [0.4, 0.5) is 0 Å². The normalized spacial score (nSPS) is 11.7. The van der Waals surface area contributed by atoms with E-state index in [-0.39, 0.29) is 83.8 Å². The molecule has 14 heteroatoms. The van der Waals surface area contributed by atoms with Crippen molar-refractivity contribution in [3.05, 3.63) is 30.3 Å². The average Bonchev–Trinajstić information content (AvgIpc) is 3.09. The molecule has 0 aromatic heterocycles. The molecule has 0 fully saturated rings. The average molecular weight is 795 g/mol. The quantitative estimate of drug-likeness (QED) is 0.0254. The molecular weight excluding hydrogens is 727 g/mol. The minimum Gasteiger partial charge on any atom is -0.466 e. The molecule has 0 amide bonds. The van der Waals surface area contributed by atoms with Gasteiger partial charge in [0.2, 0.25) is 0 Å². The van der Waals surface area contributed by atoms with Gasteiger partial charge in [0.1, 0.15) is 0 Å². The second-order valence-electron chi connectivity index (χ2n) is 12.9. The Hall–Kier alpha value is -0.0200. The van der Waals surface area contributed by atoms with Crippen LogP contribution in [0.2, 0.25) is 0 Å². The van der Waals surface area contributed by atoms with Gasteiger partial charge in [-0.1, -0.05) is 161 Å². The smallest absolute Gasteiger partial charge is 0.327 e. The molecule has 0 aliphatic rings. The fourth-order valence-electron chi connectivity index (χ4n) is 5.15. The van der Waals surface area contributed by atoms with Crippen LogP contribution in [0.15, 0.2) is 35.2 Å². The van der Waals surface area contributed by atoms with Crippen molar-refractivity contribution in [2.24, 2.45) is 0 Å². The van der Waals surface area contributed by atoms with Gasteiger partial charge in [0, 0.05) is 59.1 Å². The van der Waals surface area contributed by atoms with E-state index in [9.17, 15) is 31.0 Å². The summed E-state index contributed by atoms with van der Waals surface area (Å²) in [6, 6.07) is 8.33. The molecular formula is C38H68Na2O10S2. The fourth-order valence-corrected chi connectivity index (χ4v) is 6.77. The van der Waals surface area contributed by atoms with Crippen molar-refractivity contribution in [2.75, 3.05) is 19.8 Å². The summed E-state index contributed by atoms with van der Waals surface area (Å²) in [6.07, 6.45) is 23.6. The van der Waals surface area contributed by atoms with E-state index in [1.165, 1.54) is 57.8 Å². The summed E-state index contributed by atoms with van der Waals surface area (Å²) in [5.74, 6) is -1.93. The summed E-state index contributed by atoms with van der Waals surface area (Å²) in [4.78, 5) is 24.0. The first kappa shape index (κ1) is 56.3. The number of carbonyl (C=O) groups is 2. The van der Waals surface area contributed by atoms with Gasteiger partial charge in [0.25, 0.3) is 20.2 Å². The second kappa shape index (κ2) is 37.9. The zero-order valence-electron chi connectivity index (χ0n) is 33.3. The molecule has 1 atom stereocenters. The van der Waals surface area contributed by atoms with Crippen molar-refractivity contribution in [3.8, 4) is 0 Å². The van der Waals surface area contributed by atoms with Crippen LogP contribution in [0, 0.1) is 0 Å². The maximum atomic E-state index is 12.0. The maximum absolute atomic E-state index is 12.0. The zero-order valence-corrected chi connectivity index (χ0v) is 38.9. The summed E-state index contributed by atoms with van der Waals surface area (Å²) >= 11 is 0. The van der Waals surface area contributed by atoms with E-state index in [0.29, 0.717) is 12.8 Å². The maximum Gasteiger partial charge on any atom is 0.327 e. The molecule has 2 radical (unpaired) electrons. The van der Waals surface area contributed by atoms with E-state index < -0.39 is 43.8 Å². The zero-order chi connectivity index (χ0) is 37.4. The van der Waals surface area contributed by atoms with Crippen LogP contribution in [-0.4, -0.2) is 118 Å². The molecule has 10 nitrogen and oxygen atoms in total. The molecule has 0 heterocycles. The summed E-state index contributed by atoms with van der Waals surface area (Å²) in [5.41, 5.74) is 0. The van der Waals surface area contributed by atoms with Crippen molar-refractivity contribution in [1.29, 1.82) is 0 Å². The molecule has 0 aliphatic heterocycles. The predicted molar refractivity (Wildman–Crippen MR) is 212 cm³/mol. The Labute approximate surface area is 361 Å². The van der Waals surface area contributed by atoms with E-state index >= 15 is 0 Å². The topological polar surface area (TPSA) is 150 Å². The van der Waals surface area contributed by atoms with Gasteiger partial charge in [-0.15, -0.1) is 0 Å². The van der Waals surface area contributed by atoms with E-state index in [2.05, 4.69) is 20.8 Å². The minimum atomic E-state index is -4.73. The van der Waals surface area contributed by atoms with Crippen LogP contribution in [0.5, 0.6) is 0 Å². The van der Waals surface area contributed by atoms with Gasteiger partial charge in [-0.3, -0.25) is 18.3 Å². The number of rotatable bonds is 31. The van der Waals surface area contributed by atoms with Crippen molar-refractivity contribution in [1.82, 2.24) is 0 Å². The third-order valence-corrected chi connectivity index (χ3v) is 10.7. The van der Waals surface area contributed by atoms with Gasteiger partial charge >= 0.3 is 11.9 Å². The summed E-state index contributed by atoms with van der Waals surface area (Å²) < 4.78 is 70.8. The largest absolute Gasteiger partial charge is 0.466 e. The van der Waals surface area contributed by atoms with Gasteiger partial charge in [0.05, 0.1) is 31.1 Å². The SMILES string of the molecule is CCCCCCCCCCCCOS(=O)(=O)c1ccccc1.CCCCCCCCOC(=O)CC(C(=O)OCCCCCCCC)S(=O)(=O)O.[Na].[Na]. The van der Waals surface area contributed by atoms with Crippen LogP contribution in [0.1, 0.15) is 168 Å². The van der Waals surface area contributed by atoms with Crippen LogP contribution < -0.4 is 0 Å². The number of ether oxygens (including phenoxy) is 2. The molecule has 1 aromatic rings. The first-order valence-corrected chi connectivity index (χ1v) is 22.1. The molecule has 0 saturated heterocycles. The van der Waals surface area contributed by atoms with Crippen LogP contribution >= 0.6 is 0 Å². The van der Waals surface area contributed by atoms with Gasteiger partial charge in [-0.2, -0.15) is 16.8 Å². The number of esters is 2. The van der Waals surface area contributed by atoms with Crippen LogP contribution in [0.3, 0.4) is 0 Å². The summed E-state index contributed by atoms with van der Waals surface area (Å²) in [7, 11) is -8.31. The first-order valence-electron chi connectivity index (χ1n) is 19.2. The Kier molecular flexibility index (Phi) is 41.0. The van der Waals surface area contributed by atoms with Crippen LogP contribution in [0.25, 0.3) is 0 Å². The van der Waals surface area contributed by atoms with Gasteiger partial charge in [0.15, 0.2) is 5.25 Å². The Morgan fingerprint density at radius 2 is 0.923 bits per heavy atom. The van der Waals surface area contributed by atoms with Crippen molar-refractivity contribution >= 4 is 91.3 Å². The monoisotopic (exact) mass is 794 g/mol. The molecule has 294 valence electrons. The van der Waals surface area contributed by atoms with E-state index in [1.807, 2.05) is 0 Å². The molecule has 1 N–H and O–H groups in total. The minimum absolute atomic E-state index is 0. The van der Waals surface area contributed by atoms with Crippen LogP contribution in [-0.2, 0) is 43.5 Å². The van der Waals surface area contributed by atoms with E-state index in [1.54, 1.807) is 30.3 Å². The molecule has 1 aromatic carbocycles. The molecule has 52 heavy (non-hydrogen) atoms. The Balaban J connectivity index is -0.000000911.